The molecule has 1 atom stereocenters. The molecule has 142 valence electrons. The van der Waals surface area contributed by atoms with Crippen LogP contribution in [-0.4, -0.2) is 56.0 Å². The van der Waals surface area contributed by atoms with E-state index >= 15 is 0 Å². The molecule has 1 aliphatic heterocycles. The maximum absolute atomic E-state index is 12.2. The molecule has 1 aromatic rings. The average Bonchev–Trinajstić information content (AvgIpc) is 2.65. The maximum Gasteiger partial charge on any atom is 0.307 e. The number of nitrogens with two attached hydrogens (primary N) is 1. The zero-order valence-corrected chi connectivity index (χ0v) is 15.1. The van der Waals surface area contributed by atoms with Crippen LogP contribution in [0.5, 0.6) is 0 Å². The van der Waals surface area contributed by atoms with Gasteiger partial charge in [0.2, 0.25) is 5.91 Å². The normalized spacial score (nSPS) is 17.5. The number of ether oxygens (including phenoxy) is 1. The molecule has 26 heavy (non-hydrogen) atoms. The van der Waals surface area contributed by atoms with Crippen LogP contribution in [0.4, 0.5) is 0 Å². The summed E-state index contributed by atoms with van der Waals surface area (Å²) in [5.41, 5.74) is 5.29. The van der Waals surface area contributed by atoms with Crippen LogP contribution in [0.2, 0.25) is 0 Å². The smallest absolute Gasteiger partial charge is 0.307 e. The summed E-state index contributed by atoms with van der Waals surface area (Å²) < 4.78 is 29.1. The fraction of sp³-hybridized carbons (Fsp3) is 0.471. The average molecular weight is 382 g/mol. The van der Waals surface area contributed by atoms with Crippen molar-refractivity contribution < 1.29 is 27.5 Å². The number of sulfone groups is 1. The Labute approximate surface area is 152 Å². The van der Waals surface area contributed by atoms with E-state index in [1.54, 1.807) is 18.2 Å². The lowest BCUT2D eigenvalue weighted by Gasteiger charge is -2.33. The molecule has 0 bridgehead atoms. The van der Waals surface area contributed by atoms with Crippen LogP contribution in [0.3, 0.4) is 0 Å². The largest absolute Gasteiger partial charge is 0.456 e. The Morgan fingerprint density at radius 1 is 1.15 bits per heavy atom. The second kappa shape index (κ2) is 8.79. The van der Waals surface area contributed by atoms with E-state index in [2.05, 4.69) is 0 Å². The van der Waals surface area contributed by atoms with Crippen molar-refractivity contribution >= 4 is 27.6 Å². The first-order chi connectivity index (χ1) is 12.3. The third-order valence-corrected chi connectivity index (χ3v) is 5.92. The van der Waals surface area contributed by atoms with Crippen LogP contribution in [-0.2, 0) is 29.0 Å². The number of nitrogens with zero attached hydrogens (tertiary/aromatic N) is 1. The van der Waals surface area contributed by atoms with Gasteiger partial charge in [-0.1, -0.05) is 18.2 Å². The van der Waals surface area contributed by atoms with Crippen LogP contribution >= 0.6 is 0 Å². The molecule has 2 amide bonds. The highest BCUT2D eigenvalue weighted by Crippen LogP contribution is 2.17. The van der Waals surface area contributed by atoms with Gasteiger partial charge in [-0.2, -0.15) is 0 Å². The molecular weight excluding hydrogens is 360 g/mol. The summed E-state index contributed by atoms with van der Waals surface area (Å²) in [6.07, 6.45) is 1.68. The van der Waals surface area contributed by atoms with Gasteiger partial charge in [0.1, 0.15) is 6.04 Å². The Morgan fingerprint density at radius 2 is 1.85 bits per heavy atom. The van der Waals surface area contributed by atoms with Crippen LogP contribution in [0.15, 0.2) is 35.2 Å². The summed E-state index contributed by atoms with van der Waals surface area (Å²) in [4.78, 5) is 36.8. The van der Waals surface area contributed by atoms with E-state index in [0.717, 1.165) is 12.8 Å². The van der Waals surface area contributed by atoms with E-state index in [0.29, 0.717) is 13.0 Å². The van der Waals surface area contributed by atoms with Gasteiger partial charge in [-0.15, -0.1) is 0 Å². The summed E-state index contributed by atoms with van der Waals surface area (Å²) in [7, 11) is -3.59. The molecule has 1 aromatic carbocycles. The number of piperidine rings is 1. The van der Waals surface area contributed by atoms with Crippen molar-refractivity contribution in [2.24, 2.45) is 5.73 Å². The van der Waals surface area contributed by atoms with Gasteiger partial charge in [-0.05, 0) is 31.4 Å². The summed E-state index contributed by atoms with van der Waals surface area (Å²) in [6, 6.07) is 7.09. The molecule has 2 N–H and O–H groups in total. The van der Waals surface area contributed by atoms with Gasteiger partial charge in [0.05, 0.1) is 17.1 Å². The number of carbonyl (C=O) groups is 3. The van der Waals surface area contributed by atoms with Crippen molar-refractivity contribution in [1.29, 1.82) is 0 Å². The molecule has 1 saturated heterocycles. The first-order valence-electron chi connectivity index (χ1n) is 8.33. The van der Waals surface area contributed by atoms with Crippen molar-refractivity contribution in [2.75, 3.05) is 18.9 Å². The van der Waals surface area contributed by atoms with E-state index in [9.17, 15) is 22.8 Å². The number of rotatable bonds is 7. The second-order valence-electron chi connectivity index (χ2n) is 6.04. The number of likely N-dealkylation sites (tertiary alicyclic amines) is 1. The topological polar surface area (TPSA) is 124 Å². The quantitative estimate of drug-likeness (QED) is 0.675. The molecule has 0 aliphatic carbocycles. The van der Waals surface area contributed by atoms with Gasteiger partial charge in [0.15, 0.2) is 16.4 Å². The zero-order valence-electron chi connectivity index (χ0n) is 14.3. The van der Waals surface area contributed by atoms with Gasteiger partial charge < -0.3 is 15.4 Å². The number of esters is 1. The fourth-order valence-electron chi connectivity index (χ4n) is 2.79. The molecule has 1 heterocycles. The highest BCUT2D eigenvalue weighted by Gasteiger charge is 2.31. The summed E-state index contributed by atoms with van der Waals surface area (Å²) in [5, 5.41) is 0. The van der Waals surface area contributed by atoms with E-state index in [1.807, 2.05) is 0 Å². The lowest BCUT2D eigenvalue weighted by Crippen LogP contribution is -2.51. The Bertz CT molecular complexity index is 763. The van der Waals surface area contributed by atoms with Gasteiger partial charge in [0.25, 0.3) is 5.91 Å². The van der Waals surface area contributed by atoms with Crippen molar-refractivity contribution in [1.82, 2.24) is 4.90 Å². The van der Waals surface area contributed by atoms with E-state index in [1.165, 1.54) is 17.0 Å². The van der Waals surface area contributed by atoms with Gasteiger partial charge in [-0.25, -0.2) is 8.42 Å². The van der Waals surface area contributed by atoms with Gasteiger partial charge in [0, 0.05) is 6.54 Å². The molecule has 2 rings (SSSR count). The Hall–Kier alpha value is -2.42. The molecule has 0 saturated carbocycles. The molecule has 0 unspecified atom stereocenters. The van der Waals surface area contributed by atoms with Crippen molar-refractivity contribution in [2.45, 2.75) is 36.6 Å². The molecular formula is C17H22N2O6S. The van der Waals surface area contributed by atoms with Crippen LogP contribution < -0.4 is 5.73 Å². The first kappa shape index (κ1) is 19.9. The van der Waals surface area contributed by atoms with Gasteiger partial charge >= 0.3 is 5.97 Å². The minimum Gasteiger partial charge on any atom is -0.456 e. The van der Waals surface area contributed by atoms with Crippen LogP contribution in [0.1, 0.15) is 25.7 Å². The van der Waals surface area contributed by atoms with Gasteiger partial charge in [-0.3, -0.25) is 14.4 Å². The molecule has 1 fully saturated rings. The third-order valence-electron chi connectivity index (χ3n) is 4.19. The minimum atomic E-state index is -3.59. The number of hydrogen-bond acceptors (Lipinski definition) is 6. The highest BCUT2D eigenvalue weighted by molar-refractivity contribution is 7.91. The lowest BCUT2D eigenvalue weighted by atomic mass is 10.0. The zero-order chi connectivity index (χ0) is 19.2. The van der Waals surface area contributed by atoms with Crippen molar-refractivity contribution in [3.8, 4) is 0 Å². The minimum absolute atomic E-state index is 0.126. The highest BCUT2D eigenvalue weighted by atomic mass is 32.2. The predicted octanol–water partition coefficient (Wildman–Crippen LogP) is 0.260. The number of benzene rings is 1. The van der Waals surface area contributed by atoms with Crippen molar-refractivity contribution in [3.05, 3.63) is 30.3 Å². The number of carbonyl (C=O) groups excluding carboxylic acids is 3. The second-order valence-corrected chi connectivity index (χ2v) is 8.15. The SMILES string of the molecule is NC(=O)[C@@H]1CCCCN1C(=O)COC(=O)CCS(=O)(=O)c1ccccc1. The molecule has 1 aliphatic rings. The standard InChI is InChI=1S/C17H22N2O6S/c18-17(22)14-8-4-5-10-19(14)15(20)12-25-16(21)9-11-26(23,24)13-6-2-1-3-7-13/h1-3,6-7,14H,4-5,8-12H2,(H2,18,22)/t14-/m0/s1. The predicted molar refractivity (Wildman–Crippen MR) is 92.6 cm³/mol. The number of amides is 2. The Balaban J connectivity index is 1.83. The van der Waals surface area contributed by atoms with E-state index in [4.69, 9.17) is 10.5 Å². The van der Waals surface area contributed by atoms with E-state index < -0.39 is 46.0 Å². The van der Waals surface area contributed by atoms with Crippen LogP contribution in [0.25, 0.3) is 0 Å². The fourth-order valence-corrected chi connectivity index (χ4v) is 4.03. The van der Waals surface area contributed by atoms with E-state index in [-0.39, 0.29) is 11.3 Å². The van der Waals surface area contributed by atoms with Crippen LogP contribution in [0, 0.1) is 0 Å². The Kier molecular flexibility index (Phi) is 6.73. The number of primary amides is 1. The monoisotopic (exact) mass is 382 g/mol. The lowest BCUT2D eigenvalue weighted by molar-refractivity contribution is -0.154. The summed E-state index contributed by atoms with van der Waals surface area (Å²) >= 11 is 0. The summed E-state index contributed by atoms with van der Waals surface area (Å²) in [6.45, 7) is -0.152. The molecule has 0 radical (unpaired) electrons. The molecule has 0 aromatic heterocycles. The molecule has 0 spiro atoms. The maximum atomic E-state index is 12.2. The molecule has 9 heteroatoms. The van der Waals surface area contributed by atoms with Crippen molar-refractivity contribution in [3.63, 3.8) is 0 Å². The first-order valence-corrected chi connectivity index (χ1v) is 9.98. The Morgan fingerprint density at radius 3 is 2.50 bits per heavy atom. The molecule has 8 nitrogen and oxygen atoms in total. The number of hydrogen-bond donors (Lipinski definition) is 1. The summed E-state index contributed by atoms with van der Waals surface area (Å²) in [5.74, 6) is -2.28. The third kappa shape index (κ3) is 5.29.